The van der Waals surface area contributed by atoms with Crippen LogP contribution in [0.25, 0.3) is 0 Å². The van der Waals surface area contributed by atoms with Gasteiger partial charge >= 0.3 is 5.69 Å². The Kier molecular flexibility index (Phi) is 5.25. The van der Waals surface area contributed by atoms with Crippen molar-refractivity contribution in [3.63, 3.8) is 0 Å². The number of aromatic amines is 1. The number of amides is 1. The van der Waals surface area contributed by atoms with E-state index in [4.69, 9.17) is 4.74 Å². The molecule has 2 heterocycles. The number of hydrogen-bond donors (Lipinski definition) is 1. The summed E-state index contributed by atoms with van der Waals surface area (Å²) < 4.78 is 5.97. The summed E-state index contributed by atoms with van der Waals surface area (Å²) in [5.41, 5.74) is -0.646. The maximum atomic E-state index is 12.6. The minimum Gasteiger partial charge on any atom is -0.497 e. The molecule has 1 aromatic carbocycles. The van der Waals surface area contributed by atoms with E-state index >= 15 is 0 Å². The first-order valence-corrected chi connectivity index (χ1v) is 8.68. The van der Waals surface area contributed by atoms with Crippen LogP contribution in [0.1, 0.15) is 33.6 Å². The maximum Gasteiger partial charge on any atom is 0.328 e. The molecule has 2 aromatic rings. The van der Waals surface area contributed by atoms with Crippen LogP contribution in [0.2, 0.25) is 0 Å². The van der Waals surface area contributed by atoms with Gasteiger partial charge in [-0.25, -0.2) is 4.79 Å². The van der Waals surface area contributed by atoms with E-state index in [9.17, 15) is 19.2 Å². The van der Waals surface area contributed by atoms with Crippen molar-refractivity contribution >= 4 is 11.7 Å². The van der Waals surface area contributed by atoms with Crippen LogP contribution < -0.4 is 16.0 Å². The molecule has 1 fully saturated rings. The summed E-state index contributed by atoms with van der Waals surface area (Å²) in [6.45, 7) is 0.765. The highest BCUT2D eigenvalue weighted by Crippen LogP contribution is 2.23. The third kappa shape index (κ3) is 3.69. The molecule has 1 aliphatic heterocycles. The summed E-state index contributed by atoms with van der Waals surface area (Å²) >= 11 is 0. The van der Waals surface area contributed by atoms with Gasteiger partial charge in [-0.1, -0.05) is 0 Å². The summed E-state index contributed by atoms with van der Waals surface area (Å²) in [7, 11) is 2.89. The molecule has 3 rings (SSSR count). The van der Waals surface area contributed by atoms with Gasteiger partial charge in [0, 0.05) is 37.8 Å². The van der Waals surface area contributed by atoms with Gasteiger partial charge in [0.1, 0.15) is 11.3 Å². The molecule has 0 unspecified atom stereocenters. The van der Waals surface area contributed by atoms with Gasteiger partial charge < -0.3 is 14.6 Å². The highest BCUT2D eigenvalue weighted by atomic mass is 16.5. The number of benzene rings is 1. The molecular formula is C19H21N3O5. The third-order valence-electron chi connectivity index (χ3n) is 4.94. The van der Waals surface area contributed by atoms with Crippen molar-refractivity contribution in [2.45, 2.75) is 12.8 Å². The summed E-state index contributed by atoms with van der Waals surface area (Å²) in [6, 6.07) is 6.97. The van der Waals surface area contributed by atoms with Gasteiger partial charge in [-0.15, -0.1) is 0 Å². The Hall–Kier alpha value is -3.16. The van der Waals surface area contributed by atoms with Crippen molar-refractivity contribution in [1.82, 2.24) is 14.5 Å². The molecule has 1 N–H and O–H groups in total. The Bertz CT molecular complexity index is 966. The predicted molar refractivity (Wildman–Crippen MR) is 98.3 cm³/mol. The number of ketones is 1. The minimum atomic E-state index is -0.625. The van der Waals surface area contributed by atoms with E-state index in [2.05, 4.69) is 4.98 Å². The fourth-order valence-electron chi connectivity index (χ4n) is 3.22. The molecule has 27 heavy (non-hydrogen) atoms. The van der Waals surface area contributed by atoms with E-state index < -0.39 is 17.2 Å². The summed E-state index contributed by atoms with van der Waals surface area (Å²) in [6.07, 6.45) is 2.21. The first-order chi connectivity index (χ1) is 12.9. The van der Waals surface area contributed by atoms with Crippen LogP contribution in [0, 0.1) is 5.92 Å². The number of likely N-dealkylation sites (tertiary alicyclic amines) is 1. The molecule has 142 valence electrons. The molecule has 8 nitrogen and oxygen atoms in total. The Morgan fingerprint density at radius 1 is 1.11 bits per heavy atom. The van der Waals surface area contributed by atoms with E-state index in [0.29, 0.717) is 37.2 Å². The smallest absolute Gasteiger partial charge is 0.328 e. The van der Waals surface area contributed by atoms with Crippen LogP contribution >= 0.6 is 0 Å². The number of H-pyrrole nitrogens is 1. The van der Waals surface area contributed by atoms with Crippen molar-refractivity contribution in [2.24, 2.45) is 13.0 Å². The Balaban J connectivity index is 1.67. The number of hydrogen-bond acceptors (Lipinski definition) is 5. The van der Waals surface area contributed by atoms with Crippen molar-refractivity contribution in [3.05, 3.63) is 62.4 Å². The third-order valence-corrected chi connectivity index (χ3v) is 4.94. The van der Waals surface area contributed by atoms with Crippen LogP contribution in [0.5, 0.6) is 5.75 Å². The second-order valence-electron chi connectivity index (χ2n) is 6.53. The number of Topliss-reactive ketones (excluding diaryl/α,β-unsaturated/α-hetero) is 1. The van der Waals surface area contributed by atoms with E-state index in [1.807, 2.05) is 0 Å². The molecule has 1 saturated heterocycles. The monoisotopic (exact) mass is 371 g/mol. The largest absolute Gasteiger partial charge is 0.497 e. The zero-order chi connectivity index (χ0) is 19.6. The molecule has 0 aliphatic carbocycles. The van der Waals surface area contributed by atoms with Crippen LogP contribution in [-0.2, 0) is 7.05 Å². The van der Waals surface area contributed by atoms with Gasteiger partial charge in [-0.3, -0.25) is 19.0 Å². The Morgan fingerprint density at radius 3 is 2.33 bits per heavy atom. The van der Waals surface area contributed by atoms with Gasteiger partial charge in [0.2, 0.25) is 0 Å². The second kappa shape index (κ2) is 7.61. The highest BCUT2D eigenvalue weighted by Gasteiger charge is 2.29. The number of carbonyl (C=O) groups excluding carboxylic acids is 2. The van der Waals surface area contributed by atoms with Crippen molar-refractivity contribution < 1.29 is 14.3 Å². The predicted octanol–water partition coefficient (Wildman–Crippen LogP) is 0.817. The molecule has 0 saturated carbocycles. The number of methoxy groups -OCH3 is 1. The lowest BCUT2D eigenvalue weighted by Gasteiger charge is -2.31. The van der Waals surface area contributed by atoms with Gasteiger partial charge in [-0.2, -0.15) is 0 Å². The van der Waals surface area contributed by atoms with Crippen molar-refractivity contribution in [2.75, 3.05) is 20.2 Å². The molecule has 1 aromatic heterocycles. The van der Waals surface area contributed by atoms with Gasteiger partial charge in [0.15, 0.2) is 5.78 Å². The number of rotatable bonds is 4. The van der Waals surface area contributed by atoms with Gasteiger partial charge in [-0.05, 0) is 37.1 Å². The number of piperidine rings is 1. The standard InChI is InChI=1S/C19H21N3O5/c1-21-17(24)15(11-20-19(21)26)18(25)22-9-7-13(8-10-22)16(23)12-3-5-14(27-2)6-4-12/h3-6,11,13H,7-10H2,1-2H3,(H,20,26). The molecule has 0 atom stereocenters. The molecule has 1 amide bonds. The van der Waals surface area contributed by atoms with Gasteiger partial charge in [0.05, 0.1) is 7.11 Å². The molecule has 0 spiro atoms. The molecule has 8 heteroatoms. The summed E-state index contributed by atoms with van der Waals surface area (Å²) in [4.78, 5) is 52.7. The van der Waals surface area contributed by atoms with E-state index in [-0.39, 0.29) is 17.3 Å². The number of ether oxygens (including phenoxy) is 1. The number of aromatic nitrogens is 2. The summed E-state index contributed by atoms with van der Waals surface area (Å²) in [5.74, 6) is 0.141. The fourth-order valence-corrected chi connectivity index (χ4v) is 3.22. The fraction of sp³-hybridized carbons (Fsp3) is 0.368. The van der Waals surface area contributed by atoms with Crippen molar-refractivity contribution in [3.8, 4) is 5.75 Å². The van der Waals surface area contributed by atoms with Crippen LogP contribution in [0.15, 0.2) is 40.1 Å². The van der Waals surface area contributed by atoms with Crippen molar-refractivity contribution in [1.29, 1.82) is 0 Å². The van der Waals surface area contributed by atoms with Crippen LogP contribution in [0.4, 0.5) is 0 Å². The zero-order valence-electron chi connectivity index (χ0n) is 15.2. The van der Waals surface area contributed by atoms with E-state index in [0.717, 1.165) is 10.8 Å². The van der Waals surface area contributed by atoms with Crippen LogP contribution in [0.3, 0.4) is 0 Å². The quantitative estimate of drug-likeness (QED) is 0.802. The Labute approximate surface area is 155 Å². The lowest BCUT2D eigenvalue weighted by Crippen LogP contribution is -2.44. The van der Waals surface area contributed by atoms with Gasteiger partial charge in [0.25, 0.3) is 11.5 Å². The number of nitrogens with one attached hydrogen (secondary N) is 1. The zero-order valence-corrected chi connectivity index (χ0v) is 15.2. The summed E-state index contributed by atoms with van der Waals surface area (Å²) in [5, 5.41) is 0. The number of carbonyl (C=O) groups is 2. The first kappa shape index (κ1) is 18.6. The average molecular weight is 371 g/mol. The number of nitrogens with zero attached hydrogens (tertiary/aromatic N) is 2. The first-order valence-electron chi connectivity index (χ1n) is 8.68. The van der Waals surface area contributed by atoms with E-state index in [1.165, 1.54) is 7.05 Å². The SMILES string of the molecule is COc1ccc(C(=O)C2CCN(C(=O)c3c[nH]c(=O)n(C)c3=O)CC2)cc1. The molecular weight excluding hydrogens is 350 g/mol. The average Bonchev–Trinajstić information content (AvgIpc) is 2.71. The highest BCUT2D eigenvalue weighted by molar-refractivity contribution is 5.98. The topological polar surface area (TPSA) is 101 Å². The molecule has 0 radical (unpaired) electrons. The molecule has 1 aliphatic rings. The Morgan fingerprint density at radius 2 is 1.74 bits per heavy atom. The van der Waals surface area contributed by atoms with E-state index in [1.54, 1.807) is 36.3 Å². The van der Waals surface area contributed by atoms with Crippen LogP contribution in [-0.4, -0.2) is 46.3 Å². The maximum absolute atomic E-state index is 12.6. The lowest BCUT2D eigenvalue weighted by atomic mass is 9.88. The normalized spacial score (nSPS) is 14.8. The second-order valence-corrected chi connectivity index (χ2v) is 6.53. The lowest BCUT2D eigenvalue weighted by molar-refractivity contribution is 0.0648. The minimum absolute atomic E-state index is 0.0460. The molecule has 0 bridgehead atoms.